The summed E-state index contributed by atoms with van der Waals surface area (Å²) in [6, 6.07) is 11.3. The SMILES string of the molecule is CCCCOC(=O)c1ccc(NC(=O)N[C@@H]2CC(=O)N(c3cccc(F)c3)C2)cc1. The monoisotopic (exact) mass is 413 g/mol. The van der Waals surface area contributed by atoms with Gasteiger partial charge in [-0.15, -0.1) is 0 Å². The Bertz CT molecular complexity index is 917. The van der Waals surface area contributed by atoms with Crippen LogP contribution in [0.2, 0.25) is 0 Å². The summed E-state index contributed by atoms with van der Waals surface area (Å²) in [5.41, 5.74) is 1.37. The molecule has 0 aromatic heterocycles. The van der Waals surface area contributed by atoms with Crippen molar-refractivity contribution in [2.24, 2.45) is 0 Å². The number of nitrogens with one attached hydrogen (secondary N) is 2. The molecule has 1 heterocycles. The number of esters is 1. The zero-order valence-electron chi connectivity index (χ0n) is 16.7. The highest BCUT2D eigenvalue weighted by Gasteiger charge is 2.31. The van der Waals surface area contributed by atoms with E-state index in [9.17, 15) is 18.8 Å². The minimum absolute atomic E-state index is 0.131. The Morgan fingerprint density at radius 2 is 1.97 bits per heavy atom. The van der Waals surface area contributed by atoms with E-state index >= 15 is 0 Å². The van der Waals surface area contributed by atoms with Crippen LogP contribution in [0.5, 0.6) is 0 Å². The summed E-state index contributed by atoms with van der Waals surface area (Å²) in [6.07, 6.45) is 1.89. The van der Waals surface area contributed by atoms with Gasteiger partial charge in [0.05, 0.1) is 18.2 Å². The molecule has 0 radical (unpaired) electrons. The molecule has 1 aliphatic heterocycles. The first-order valence-electron chi connectivity index (χ1n) is 9.87. The van der Waals surface area contributed by atoms with Crippen LogP contribution in [0.25, 0.3) is 0 Å². The largest absolute Gasteiger partial charge is 0.462 e. The number of benzene rings is 2. The predicted octanol–water partition coefficient (Wildman–Crippen LogP) is 3.71. The number of halogens is 1. The molecule has 0 spiro atoms. The molecule has 2 aromatic carbocycles. The van der Waals surface area contributed by atoms with Crippen LogP contribution >= 0.6 is 0 Å². The van der Waals surface area contributed by atoms with Gasteiger partial charge in [-0.1, -0.05) is 19.4 Å². The van der Waals surface area contributed by atoms with Crippen molar-refractivity contribution in [3.63, 3.8) is 0 Å². The second-order valence-electron chi connectivity index (χ2n) is 7.05. The van der Waals surface area contributed by atoms with E-state index < -0.39 is 23.9 Å². The molecule has 1 atom stereocenters. The Labute approximate surface area is 174 Å². The number of carbonyl (C=O) groups excluding carboxylic acids is 3. The van der Waals surface area contributed by atoms with Crippen molar-refractivity contribution in [1.82, 2.24) is 5.32 Å². The van der Waals surface area contributed by atoms with Gasteiger partial charge in [-0.05, 0) is 48.9 Å². The fourth-order valence-corrected chi connectivity index (χ4v) is 3.13. The summed E-state index contributed by atoms with van der Waals surface area (Å²) < 4.78 is 18.5. The van der Waals surface area contributed by atoms with Crippen molar-refractivity contribution in [3.05, 3.63) is 59.9 Å². The third-order valence-electron chi connectivity index (χ3n) is 4.69. The molecule has 8 heteroatoms. The molecule has 1 saturated heterocycles. The molecule has 0 bridgehead atoms. The minimum Gasteiger partial charge on any atom is -0.462 e. The first-order chi connectivity index (χ1) is 14.5. The normalized spacial score (nSPS) is 15.7. The highest BCUT2D eigenvalue weighted by molar-refractivity contribution is 5.98. The van der Waals surface area contributed by atoms with Crippen LogP contribution in [-0.2, 0) is 9.53 Å². The molecule has 2 aromatic rings. The maximum Gasteiger partial charge on any atom is 0.338 e. The average Bonchev–Trinajstić information content (AvgIpc) is 3.08. The number of carbonyl (C=O) groups is 3. The molecule has 158 valence electrons. The molecular formula is C22H24FN3O4. The van der Waals surface area contributed by atoms with E-state index in [1.165, 1.54) is 23.1 Å². The first-order valence-corrected chi connectivity index (χ1v) is 9.87. The second-order valence-corrected chi connectivity index (χ2v) is 7.05. The van der Waals surface area contributed by atoms with Crippen LogP contribution < -0.4 is 15.5 Å². The van der Waals surface area contributed by atoms with Crippen molar-refractivity contribution >= 4 is 29.3 Å². The number of rotatable bonds is 7. The fraction of sp³-hybridized carbons (Fsp3) is 0.318. The lowest BCUT2D eigenvalue weighted by Gasteiger charge is -2.17. The predicted molar refractivity (Wildman–Crippen MR) is 111 cm³/mol. The van der Waals surface area contributed by atoms with Crippen LogP contribution in [0, 0.1) is 5.82 Å². The lowest BCUT2D eigenvalue weighted by Crippen LogP contribution is -2.39. The van der Waals surface area contributed by atoms with Gasteiger partial charge in [0, 0.05) is 24.3 Å². The lowest BCUT2D eigenvalue weighted by atomic mass is 10.2. The van der Waals surface area contributed by atoms with E-state index in [1.54, 1.807) is 30.3 Å². The molecule has 3 amide bonds. The maximum atomic E-state index is 13.4. The Balaban J connectivity index is 1.51. The van der Waals surface area contributed by atoms with Crippen molar-refractivity contribution in [1.29, 1.82) is 0 Å². The Morgan fingerprint density at radius 1 is 1.20 bits per heavy atom. The summed E-state index contributed by atoms with van der Waals surface area (Å²) in [5, 5.41) is 5.42. The highest BCUT2D eigenvalue weighted by Crippen LogP contribution is 2.22. The third kappa shape index (κ3) is 5.56. The van der Waals surface area contributed by atoms with Gasteiger partial charge in [0.1, 0.15) is 5.82 Å². The number of amides is 3. The highest BCUT2D eigenvalue weighted by atomic mass is 19.1. The van der Waals surface area contributed by atoms with Gasteiger partial charge in [-0.25, -0.2) is 14.0 Å². The summed E-state index contributed by atoms with van der Waals surface area (Å²) in [4.78, 5) is 37.8. The molecule has 3 rings (SSSR count). The summed E-state index contributed by atoms with van der Waals surface area (Å²) >= 11 is 0. The van der Waals surface area contributed by atoms with Crippen molar-refractivity contribution < 1.29 is 23.5 Å². The number of unbranched alkanes of at least 4 members (excludes halogenated alkanes) is 1. The Hall–Kier alpha value is -3.42. The van der Waals surface area contributed by atoms with Crippen LogP contribution in [0.15, 0.2) is 48.5 Å². The topological polar surface area (TPSA) is 87.7 Å². The summed E-state index contributed by atoms with van der Waals surface area (Å²) in [5.74, 6) is -1.01. The Kier molecular flexibility index (Phi) is 7.00. The fourth-order valence-electron chi connectivity index (χ4n) is 3.13. The molecule has 0 aliphatic carbocycles. The zero-order chi connectivity index (χ0) is 21.5. The molecule has 2 N–H and O–H groups in total. The van der Waals surface area contributed by atoms with Crippen LogP contribution in [0.1, 0.15) is 36.5 Å². The van der Waals surface area contributed by atoms with Crippen LogP contribution in [0.4, 0.5) is 20.6 Å². The molecule has 7 nitrogen and oxygen atoms in total. The van der Waals surface area contributed by atoms with Crippen LogP contribution in [0.3, 0.4) is 0 Å². The summed E-state index contributed by atoms with van der Waals surface area (Å²) in [6.45, 7) is 2.66. The smallest absolute Gasteiger partial charge is 0.338 e. The van der Waals surface area contributed by atoms with Gasteiger partial charge in [0.25, 0.3) is 0 Å². The van der Waals surface area contributed by atoms with E-state index in [2.05, 4.69) is 10.6 Å². The van der Waals surface area contributed by atoms with Crippen LogP contribution in [-0.4, -0.2) is 37.1 Å². The molecule has 30 heavy (non-hydrogen) atoms. The van der Waals surface area contributed by atoms with Gasteiger partial charge < -0.3 is 20.3 Å². The summed E-state index contributed by atoms with van der Waals surface area (Å²) in [7, 11) is 0. The second kappa shape index (κ2) is 9.87. The molecular weight excluding hydrogens is 389 g/mol. The van der Waals surface area contributed by atoms with E-state index in [0.29, 0.717) is 23.5 Å². The first kappa shape index (κ1) is 21.3. The molecule has 1 aliphatic rings. The molecule has 1 fully saturated rings. The van der Waals surface area contributed by atoms with Crippen molar-refractivity contribution in [2.45, 2.75) is 32.2 Å². The van der Waals surface area contributed by atoms with Gasteiger partial charge in [-0.2, -0.15) is 0 Å². The standard InChI is InChI=1S/C22H24FN3O4/c1-2-3-11-30-21(28)15-7-9-17(10-8-15)24-22(29)25-18-13-20(27)26(14-18)19-6-4-5-16(23)12-19/h4-10,12,18H,2-3,11,13-14H2,1H3,(H2,24,25,29)/t18-/m1/s1. The number of nitrogens with zero attached hydrogens (tertiary/aromatic N) is 1. The van der Waals surface area contributed by atoms with E-state index in [0.717, 1.165) is 12.8 Å². The number of ether oxygens (including phenoxy) is 1. The quantitative estimate of drug-likeness (QED) is 0.535. The van der Waals surface area contributed by atoms with Crippen molar-refractivity contribution in [2.75, 3.05) is 23.4 Å². The van der Waals surface area contributed by atoms with E-state index in [-0.39, 0.29) is 18.9 Å². The van der Waals surface area contributed by atoms with Crippen molar-refractivity contribution in [3.8, 4) is 0 Å². The van der Waals surface area contributed by atoms with Gasteiger partial charge >= 0.3 is 12.0 Å². The average molecular weight is 413 g/mol. The minimum atomic E-state index is -0.466. The lowest BCUT2D eigenvalue weighted by molar-refractivity contribution is -0.117. The molecule has 0 unspecified atom stereocenters. The zero-order valence-corrected chi connectivity index (χ0v) is 16.7. The molecule has 0 saturated carbocycles. The van der Waals surface area contributed by atoms with E-state index in [1.807, 2.05) is 6.92 Å². The maximum absolute atomic E-state index is 13.4. The van der Waals surface area contributed by atoms with Gasteiger partial charge in [0.2, 0.25) is 5.91 Å². The van der Waals surface area contributed by atoms with E-state index in [4.69, 9.17) is 4.74 Å². The Morgan fingerprint density at radius 3 is 2.67 bits per heavy atom. The third-order valence-corrected chi connectivity index (χ3v) is 4.69. The number of anilines is 2. The van der Waals surface area contributed by atoms with Gasteiger partial charge in [-0.3, -0.25) is 4.79 Å². The van der Waals surface area contributed by atoms with Gasteiger partial charge in [0.15, 0.2) is 0 Å². The number of hydrogen-bond donors (Lipinski definition) is 2. The number of urea groups is 1. The number of hydrogen-bond acceptors (Lipinski definition) is 4.